The highest BCUT2D eigenvalue weighted by atomic mass is 16.1. The van der Waals surface area contributed by atoms with Crippen LogP contribution in [0.1, 0.15) is 36.3 Å². The minimum absolute atomic E-state index is 0.0774. The van der Waals surface area contributed by atoms with Gasteiger partial charge in [0.1, 0.15) is 12.7 Å². The van der Waals surface area contributed by atoms with E-state index >= 15 is 0 Å². The van der Waals surface area contributed by atoms with Crippen LogP contribution in [0.2, 0.25) is 0 Å². The molecule has 0 saturated heterocycles. The number of aryl methyl sites for hydroxylation is 2. The molecule has 0 radical (unpaired) electrons. The molecule has 110 valence electrons. The molecular formula is C16H20N4O. The predicted octanol–water partition coefficient (Wildman–Crippen LogP) is 1.90. The van der Waals surface area contributed by atoms with Crippen LogP contribution in [0, 0.1) is 0 Å². The third-order valence-electron chi connectivity index (χ3n) is 4.07. The third-order valence-corrected chi connectivity index (χ3v) is 4.07. The Morgan fingerprint density at radius 2 is 2.29 bits per heavy atom. The molecule has 0 fully saturated rings. The van der Waals surface area contributed by atoms with Crippen LogP contribution in [0.15, 0.2) is 36.9 Å². The number of nitrogens with one attached hydrogen (secondary N) is 1. The van der Waals surface area contributed by atoms with Crippen LogP contribution in [0.3, 0.4) is 0 Å². The Balaban J connectivity index is 1.50. The van der Waals surface area contributed by atoms with Gasteiger partial charge < -0.3 is 5.32 Å². The zero-order valence-electron chi connectivity index (χ0n) is 12.0. The predicted molar refractivity (Wildman–Crippen MR) is 79.8 cm³/mol. The summed E-state index contributed by atoms with van der Waals surface area (Å²) in [6.07, 6.45) is 7.07. The second kappa shape index (κ2) is 6.52. The zero-order chi connectivity index (χ0) is 14.5. The number of nitrogens with zero attached hydrogens (tertiary/aromatic N) is 3. The van der Waals surface area contributed by atoms with Crippen molar-refractivity contribution in [1.29, 1.82) is 0 Å². The van der Waals surface area contributed by atoms with E-state index in [1.807, 2.05) is 0 Å². The number of fused-ring (bicyclic) bond motifs is 1. The quantitative estimate of drug-likeness (QED) is 0.912. The van der Waals surface area contributed by atoms with Crippen molar-refractivity contribution in [3.05, 3.63) is 48.0 Å². The number of aromatic nitrogens is 3. The molecule has 1 aromatic heterocycles. The van der Waals surface area contributed by atoms with Crippen molar-refractivity contribution >= 4 is 5.91 Å². The van der Waals surface area contributed by atoms with Crippen LogP contribution in [-0.2, 0) is 17.8 Å². The van der Waals surface area contributed by atoms with Crippen LogP contribution < -0.4 is 5.32 Å². The van der Waals surface area contributed by atoms with E-state index in [1.54, 1.807) is 11.0 Å². The van der Waals surface area contributed by atoms with E-state index in [2.05, 4.69) is 39.7 Å². The van der Waals surface area contributed by atoms with Gasteiger partial charge in [-0.15, -0.1) is 0 Å². The van der Waals surface area contributed by atoms with E-state index in [9.17, 15) is 4.79 Å². The first-order valence-corrected chi connectivity index (χ1v) is 7.50. The first-order chi connectivity index (χ1) is 10.3. The minimum Gasteiger partial charge on any atom is -0.355 e. The average Bonchev–Trinajstić information content (AvgIpc) is 3.04. The molecule has 0 spiro atoms. The van der Waals surface area contributed by atoms with Gasteiger partial charge in [0.25, 0.3) is 0 Å². The fourth-order valence-corrected chi connectivity index (χ4v) is 2.96. The molecule has 0 unspecified atom stereocenters. The Morgan fingerprint density at radius 3 is 3.14 bits per heavy atom. The summed E-state index contributed by atoms with van der Waals surface area (Å²) < 4.78 is 1.68. The molecule has 1 amide bonds. The van der Waals surface area contributed by atoms with Gasteiger partial charge in [-0.3, -0.25) is 9.48 Å². The molecule has 1 aliphatic carbocycles. The van der Waals surface area contributed by atoms with Crippen molar-refractivity contribution in [3.8, 4) is 0 Å². The molecule has 2 aromatic rings. The van der Waals surface area contributed by atoms with Crippen LogP contribution >= 0.6 is 0 Å². The van der Waals surface area contributed by atoms with Gasteiger partial charge >= 0.3 is 0 Å². The highest BCUT2D eigenvalue weighted by molar-refractivity contribution is 5.75. The van der Waals surface area contributed by atoms with Crippen molar-refractivity contribution in [3.63, 3.8) is 0 Å². The average molecular weight is 284 g/mol. The van der Waals surface area contributed by atoms with E-state index in [-0.39, 0.29) is 5.91 Å². The molecule has 1 atom stereocenters. The van der Waals surface area contributed by atoms with Crippen LogP contribution in [0.4, 0.5) is 0 Å². The van der Waals surface area contributed by atoms with Crippen molar-refractivity contribution in [2.24, 2.45) is 0 Å². The number of amides is 1. The monoisotopic (exact) mass is 284 g/mol. The molecule has 1 heterocycles. The summed E-state index contributed by atoms with van der Waals surface area (Å²) in [6, 6.07) is 8.58. The van der Waals surface area contributed by atoms with E-state index in [0.717, 1.165) is 19.4 Å². The van der Waals surface area contributed by atoms with Gasteiger partial charge in [0, 0.05) is 18.9 Å². The Hall–Kier alpha value is -2.17. The molecule has 5 heteroatoms. The fraction of sp³-hybridized carbons (Fsp3) is 0.438. The molecule has 1 aliphatic rings. The summed E-state index contributed by atoms with van der Waals surface area (Å²) in [5.74, 6) is 0.527. The van der Waals surface area contributed by atoms with E-state index in [4.69, 9.17) is 0 Å². The normalized spacial score (nSPS) is 17.2. The van der Waals surface area contributed by atoms with Crippen LogP contribution in [0.5, 0.6) is 0 Å². The lowest BCUT2D eigenvalue weighted by molar-refractivity contribution is -0.121. The molecule has 21 heavy (non-hydrogen) atoms. The number of carbonyl (C=O) groups is 1. The summed E-state index contributed by atoms with van der Waals surface area (Å²) in [7, 11) is 0. The summed E-state index contributed by atoms with van der Waals surface area (Å²) in [5.41, 5.74) is 2.84. The number of hydrogen-bond donors (Lipinski definition) is 1. The summed E-state index contributed by atoms with van der Waals surface area (Å²) in [6.45, 7) is 1.31. The standard InChI is InChI=1S/C16H20N4O/c21-16(8-9-20-12-17-11-19-20)18-10-14-6-3-5-13-4-1-2-7-15(13)14/h1-2,4,7,11-12,14H,3,5-6,8-10H2,(H,18,21)/t14-/m0/s1. The Kier molecular flexibility index (Phi) is 4.28. The molecule has 0 bridgehead atoms. The van der Waals surface area contributed by atoms with Gasteiger partial charge in [-0.1, -0.05) is 24.3 Å². The first kappa shape index (κ1) is 13.8. The lowest BCUT2D eigenvalue weighted by Crippen LogP contribution is -2.30. The Morgan fingerprint density at radius 1 is 1.38 bits per heavy atom. The van der Waals surface area contributed by atoms with Gasteiger partial charge in [-0.05, 0) is 30.4 Å². The van der Waals surface area contributed by atoms with Gasteiger partial charge in [0.2, 0.25) is 5.91 Å². The Bertz CT molecular complexity index is 594. The molecule has 1 N–H and O–H groups in total. The van der Waals surface area contributed by atoms with Gasteiger partial charge in [0.15, 0.2) is 0 Å². The summed E-state index contributed by atoms with van der Waals surface area (Å²) >= 11 is 0. The second-order valence-electron chi connectivity index (χ2n) is 5.50. The number of rotatable bonds is 5. The second-order valence-corrected chi connectivity index (χ2v) is 5.50. The third kappa shape index (κ3) is 3.48. The lowest BCUT2D eigenvalue weighted by atomic mass is 9.83. The highest BCUT2D eigenvalue weighted by Crippen LogP contribution is 2.30. The zero-order valence-corrected chi connectivity index (χ0v) is 12.0. The molecule has 0 aliphatic heterocycles. The lowest BCUT2D eigenvalue weighted by Gasteiger charge is -2.25. The van der Waals surface area contributed by atoms with E-state index < -0.39 is 0 Å². The fourth-order valence-electron chi connectivity index (χ4n) is 2.96. The smallest absolute Gasteiger partial charge is 0.221 e. The van der Waals surface area contributed by atoms with Crippen LogP contribution in [-0.4, -0.2) is 27.2 Å². The van der Waals surface area contributed by atoms with Gasteiger partial charge in [-0.25, -0.2) is 4.98 Å². The van der Waals surface area contributed by atoms with Crippen LogP contribution in [0.25, 0.3) is 0 Å². The van der Waals surface area contributed by atoms with Crippen molar-refractivity contribution in [2.75, 3.05) is 6.54 Å². The summed E-state index contributed by atoms with van der Waals surface area (Å²) in [4.78, 5) is 15.8. The highest BCUT2D eigenvalue weighted by Gasteiger charge is 2.19. The van der Waals surface area contributed by atoms with E-state index in [0.29, 0.717) is 18.9 Å². The van der Waals surface area contributed by atoms with Gasteiger partial charge in [-0.2, -0.15) is 5.10 Å². The Labute approximate surface area is 124 Å². The number of carbonyl (C=O) groups excluding carboxylic acids is 1. The molecule has 3 rings (SSSR count). The maximum Gasteiger partial charge on any atom is 0.221 e. The molecule has 5 nitrogen and oxygen atoms in total. The number of benzene rings is 1. The maximum atomic E-state index is 11.9. The van der Waals surface area contributed by atoms with Gasteiger partial charge in [0.05, 0.1) is 6.54 Å². The first-order valence-electron chi connectivity index (χ1n) is 7.50. The largest absolute Gasteiger partial charge is 0.355 e. The van der Waals surface area contributed by atoms with E-state index in [1.165, 1.54) is 23.9 Å². The van der Waals surface area contributed by atoms with Crippen molar-refractivity contribution in [1.82, 2.24) is 20.1 Å². The van der Waals surface area contributed by atoms with Crippen molar-refractivity contribution in [2.45, 2.75) is 38.1 Å². The molecule has 1 aromatic carbocycles. The molecular weight excluding hydrogens is 264 g/mol. The minimum atomic E-state index is 0.0774. The topological polar surface area (TPSA) is 59.8 Å². The van der Waals surface area contributed by atoms with Crippen molar-refractivity contribution < 1.29 is 4.79 Å². The summed E-state index contributed by atoms with van der Waals surface area (Å²) in [5, 5.41) is 7.05. The number of hydrogen-bond acceptors (Lipinski definition) is 3. The molecule has 0 saturated carbocycles. The SMILES string of the molecule is O=C(CCn1cncn1)NC[C@@H]1CCCc2ccccc21. The maximum absolute atomic E-state index is 11.9.